The Kier molecular flexibility index (Phi) is 9.69. The largest absolute Gasteiger partial charge is 0.497 e. The third kappa shape index (κ3) is 6.72. The minimum absolute atomic E-state index is 0.0680. The number of rotatable bonds is 10. The van der Waals surface area contributed by atoms with Crippen LogP contribution in [0.2, 0.25) is 0 Å². The van der Waals surface area contributed by atoms with E-state index in [1.165, 1.54) is 0 Å². The van der Waals surface area contributed by atoms with Crippen LogP contribution in [0.5, 0.6) is 11.5 Å². The van der Waals surface area contributed by atoms with E-state index in [4.69, 9.17) is 14.2 Å². The van der Waals surface area contributed by atoms with E-state index in [1.54, 1.807) is 21.1 Å². The Morgan fingerprint density at radius 2 is 1.49 bits per heavy atom. The molecule has 1 fully saturated rings. The molecule has 3 atom stereocenters. The van der Waals surface area contributed by atoms with Gasteiger partial charge in [0.05, 0.1) is 26.5 Å². The van der Waals surface area contributed by atoms with Gasteiger partial charge in [0.2, 0.25) is 0 Å². The van der Waals surface area contributed by atoms with Crippen LogP contribution in [-0.4, -0.2) is 32.6 Å². The number of halogens is 1. The number of ketones is 1. The fraction of sp³-hybridized carbons (Fsp3) is 0.412. The van der Waals surface area contributed by atoms with Gasteiger partial charge in [-0.15, -0.1) is 0 Å². The van der Waals surface area contributed by atoms with Crippen LogP contribution in [0.4, 0.5) is 10.1 Å². The standard InChI is InChI=1S/C34H40FNO5/c1-7-41-34(38)29-16-22(3)28(18-31(29)37)32-23(4)21(2)17-30(33(32)35)36(19-24-8-12-26(39-5)13-9-24)20-25-10-14-27(40-6)15-11-25/h8-15,17,22,28-29H,7,16,18-20H2,1-6H3. The van der Waals surface area contributed by atoms with Gasteiger partial charge >= 0.3 is 5.97 Å². The zero-order valence-corrected chi connectivity index (χ0v) is 24.8. The fourth-order valence-electron chi connectivity index (χ4n) is 5.78. The van der Waals surface area contributed by atoms with Crippen molar-refractivity contribution in [1.29, 1.82) is 0 Å². The number of methoxy groups -OCH3 is 2. The molecular weight excluding hydrogens is 521 g/mol. The Morgan fingerprint density at radius 3 is 1.98 bits per heavy atom. The first-order valence-electron chi connectivity index (χ1n) is 14.2. The van der Waals surface area contributed by atoms with Crippen LogP contribution < -0.4 is 14.4 Å². The van der Waals surface area contributed by atoms with Crippen molar-refractivity contribution >= 4 is 17.4 Å². The SMILES string of the molecule is CCOC(=O)C1CC(C)C(c2c(C)c(C)cc(N(Cc3ccc(OC)cc3)Cc3ccc(OC)cc3)c2F)CC1=O. The van der Waals surface area contributed by atoms with Gasteiger partial charge in [0.15, 0.2) is 0 Å². The Hall–Kier alpha value is -3.87. The van der Waals surface area contributed by atoms with Crippen molar-refractivity contribution in [2.45, 2.75) is 59.5 Å². The van der Waals surface area contributed by atoms with Crippen LogP contribution in [0.1, 0.15) is 60.4 Å². The molecule has 0 aromatic heterocycles. The summed E-state index contributed by atoms with van der Waals surface area (Å²) in [6.07, 6.45) is 0.466. The molecule has 1 saturated carbocycles. The first-order chi connectivity index (χ1) is 19.7. The minimum Gasteiger partial charge on any atom is -0.497 e. The molecule has 0 heterocycles. The van der Waals surface area contributed by atoms with Crippen molar-refractivity contribution in [3.05, 3.63) is 88.2 Å². The van der Waals surface area contributed by atoms with Gasteiger partial charge in [-0.3, -0.25) is 9.59 Å². The van der Waals surface area contributed by atoms with E-state index in [9.17, 15) is 9.59 Å². The molecule has 41 heavy (non-hydrogen) atoms. The van der Waals surface area contributed by atoms with Crippen LogP contribution in [0.3, 0.4) is 0 Å². The molecule has 3 aromatic carbocycles. The van der Waals surface area contributed by atoms with Gasteiger partial charge in [-0.1, -0.05) is 31.2 Å². The maximum Gasteiger partial charge on any atom is 0.316 e. The lowest BCUT2D eigenvalue weighted by Crippen LogP contribution is -2.36. The smallest absolute Gasteiger partial charge is 0.316 e. The van der Waals surface area contributed by atoms with Gasteiger partial charge in [-0.05, 0) is 97.2 Å². The number of carbonyl (C=O) groups excluding carboxylic acids is 2. The molecule has 0 aliphatic heterocycles. The van der Waals surface area contributed by atoms with Gasteiger partial charge < -0.3 is 19.1 Å². The molecule has 3 aromatic rings. The second-order valence-electron chi connectivity index (χ2n) is 10.9. The second-order valence-corrected chi connectivity index (χ2v) is 10.9. The monoisotopic (exact) mass is 561 g/mol. The number of nitrogens with zero attached hydrogens (tertiary/aromatic N) is 1. The predicted molar refractivity (Wildman–Crippen MR) is 158 cm³/mol. The molecule has 218 valence electrons. The van der Waals surface area contributed by atoms with Gasteiger partial charge in [0.1, 0.15) is 29.0 Å². The number of carbonyl (C=O) groups is 2. The topological polar surface area (TPSA) is 65.1 Å². The summed E-state index contributed by atoms with van der Waals surface area (Å²) < 4.78 is 32.6. The number of esters is 1. The quantitative estimate of drug-likeness (QED) is 0.198. The lowest BCUT2D eigenvalue weighted by molar-refractivity contribution is -0.153. The van der Waals surface area contributed by atoms with Crippen molar-refractivity contribution in [3.8, 4) is 11.5 Å². The molecule has 0 amide bonds. The predicted octanol–water partition coefficient (Wildman–Crippen LogP) is 6.93. The lowest BCUT2D eigenvalue weighted by Gasteiger charge is -2.35. The van der Waals surface area contributed by atoms with Crippen molar-refractivity contribution in [2.24, 2.45) is 11.8 Å². The average Bonchev–Trinajstić information content (AvgIpc) is 2.97. The molecule has 0 spiro atoms. The number of Topliss-reactive ketones (excluding diaryl/α,β-unsaturated/α-hetero) is 1. The third-order valence-corrected chi connectivity index (χ3v) is 8.26. The highest BCUT2D eigenvalue weighted by Crippen LogP contribution is 2.44. The van der Waals surface area contributed by atoms with Crippen molar-refractivity contribution in [3.63, 3.8) is 0 Å². The van der Waals surface area contributed by atoms with Gasteiger partial charge in [0, 0.05) is 19.5 Å². The van der Waals surface area contributed by atoms with Gasteiger partial charge in [-0.25, -0.2) is 4.39 Å². The Balaban J connectivity index is 1.73. The number of anilines is 1. The lowest BCUT2D eigenvalue weighted by atomic mass is 9.70. The summed E-state index contributed by atoms with van der Waals surface area (Å²) in [6, 6.07) is 17.4. The molecule has 0 bridgehead atoms. The Bertz CT molecular complexity index is 1320. The molecule has 1 aliphatic rings. The molecule has 7 heteroatoms. The van der Waals surface area contributed by atoms with Crippen LogP contribution in [0.25, 0.3) is 0 Å². The molecular formula is C34H40FNO5. The summed E-state index contributed by atoms with van der Waals surface area (Å²) in [7, 11) is 3.26. The number of hydrogen-bond donors (Lipinski definition) is 0. The van der Waals surface area contributed by atoms with Crippen molar-refractivity contribution < 1.29 is 28.2 Å². The summed E-state index contributed by atoms with van der Waals surface area (Å²) in [5.74, 6) is -0.627. The van der Waals surface area contributed by atoms with E-state index in [-0.39, 0.29) is 36.5 Å². The van der Waals surface area contributed by atoms with E-state index < -0.39 is 11.9 Å². The van der Waals surface area contributed by atoms with E-state index in [0.29, 0.717) is 30.8 Å². The highest BCUT2D eigenvalue weighted by Gasteiger charge is 2.41. The Morgan fingerprint density at radius 1 is 0.951 bits per heavy atom. The molecule has 6 nitrogen and oxygen atoms in total. The van der Waals surface area contributed by atoms with Gasteiger partial charge in [-0.2, -0.15) is 0 Å². The van der Waals surface area contributed by atoms with E-state index in [0.717, 1.165) is 33.8 Å². The average molecular weight is 562 g/mol. The molecule has 4 rings (SSSR count). The normalized spacial score (nSPS) is 18.6. The zero-order valence-electron chi connectivity index (χ0n) is 24.8. The second kappa shape index (κ2) is 13.2. The first kappa shape index (κ1) is 30.1. The maximum atomic E-state index is 16.8. The van der Waals surface area contributed by atoms with E-state index in [1.807, 2.05) is 80.3 Å². The van der Waals surface area contributed by atoms with E-state index >= 15 is 4.39 Å². The first-order valence-corrected chi connectivity index (χ1v) is 14.2. The van der Waals surface area contributed by atoms with Crippen LogP contribution in [-0.2, 0) is 27.4 Å². The summed E-state index contributed by atoms with van der Waals surface area (Å²) in [5.41, 5.74) is 4.88. The molecule has 0 N–H and O–H groups in total. The summed E-state index contributed by atoms with van der Waals surface area (Å²) in [4.78, 5) is 27.5. The fourth-order valence-corrected chi connectivity index (χ4v) is 5.78. The van der Waals surface area contributed by atoms with Crippen molar-refractivity contribution in [1.82, 2.24) is 0 Å². The van der Waals surface area contributed by atoms with Crippen molar-refractivity contribution in [2.75, 3.05) is 25.7 Å². The van der Waals surface area contributed by atoms with Crippen LogP contribution >= 0.6 is 0 Å². The van der Waals surface area contributed by atoms with Gasteiger partial charge in [0.25, 0.3) is 0 Å². The highest BCUT2D eigenvalue weighted by molar-refractivity contribution is 6.00. The molecule has 3 unspecified atom stereocenters. The van der Waals surface area contributed by atoms with Crippen LogP contribution in [0, 0.1) is 31.5 Å². The molecule has 1 aliphatic carbocycles. The molecule has 0 saturated heterocycles. The minimum atomic E-state index is -0.782. The summed E-state index contributed by atoms with van der Waals surface area (Å²) in [6.45, 7) is 8.80. The highest BCUT2D eigenvalue weighted by atomic mass is 19.1. The number of benzene rings is 3. The number of aryl methyl sites for hydroxylation is 1. The molecule has 0 radical (unpaired) electrons. The zero-order chi connectivity index (χ0) is 29.7. The summed E-state index contributed by atoms with van der Waals surface area (Å²) >= 11 is 0. The number of hydrogen-bond acceptors (Lipinski definition) is 6. The van der Waals surface area contributed by atoms with Crippen LogP contribution in [0.15, 0.2) is 54.6 Å². The Labute approximate surface area is 242 Å². The maximum absolute atomic E-state index is 16.8. The third-order valence-electron chi connectivity index (χ3n) is 8.26. The summed E-state index contributed by atoms with van der Waals surface area (Å²) in [5, 5.41) is 0. The van der Waals surface area contributed by atoms with E-state index in [2.05, 4.69) is 0 Å². The number of ether oxygens (including phenoxy) is 3.